The predicted molar refractivity (Wildman–Crippen MR) is 70.1 cm³/mol. The minimum absolute atomic E-state index is 0.363. The van der Waals surface area contributed by atoms with Crippen molar-refractivity contribution in [2.45, 2.75) is 55.9 Å². The number of aliphatic hydroxyl groups is 2. The Hall–Kier alpha value is 0.495. The van der Waals surface area contributed by atoms with Gasteiger partial charge in [-0.05, 0) is 27.7 Å². The molecule has 0 amide bonds. The van der Waals surface area contributed by atoms with Crippen molar-refractivity contribution in [3.63, 3.8) is 0 Å². The van der Waals surface area contributed by atoms with Crippen LogP contribution in [-0.4, -0.2) is 44.7 Å². The zero-order chi connectivity index (χ0) is 14.3. The molecule has 1 atom stereocenters. The monoisotopic (exact) mass is 367 g/mol. The van der Waals surface area contributed by atoms with Gasteiger partial charge in [0.15, 0.2) is 0 Å². The van der Waals surface area contributed by atoms with Crippen LogP contribution in [0.3, 0.4) is 0 Å². The molecule has 8 heteroatoms. The highest BCUT2D eigenvalue weighted by molar-refractivity contribution is 14.1. The van der Waals surface area contributed by atoms with Gasteiger partial charge in [0.2, 0.25) is 6.43 Å². The van der Waals surface area contributed by atoms with Crippen molar-refractivity contribution in [2.75, 3.05) is 0 Å². The van der Waals surface area contributed by atoms with Gasteiger partial charge in [0.05, 0.1) is 15.3 Å². The van der Waals surface area contributed by atoms with Crippen LogP contribution in [0.5, 0.6) is 0 Å². The Labute approximate surface area is 115 Å². The summed E-state index contributed by atoms with van der Waals surface area (Å²) in [7, 11) is 0.416. The molecule has 0 aliphatic rings. The molecule has 0 fully saturated rings. The predicted octanol–water partition coefficient (Wildman–Crippen LogP) is 1.47. The first-order chi connectivity index (χ1) is 7.41. The lowest BCUT2D eigenvalue weighted by Gasteiger charge is -2.31. The van der Waals surface area contributed by atoms with Gasteiger partial charge < -0.3 is 19.9 Å². The fourth-order valence-corrected chi connectivity index (χ4v) is 0.777. The van der Waals surface area contributed by atoms with Crippen LogP contribution < -0.4 is 0 Å². The average molecular weight is 367 g/mol. The molecular formula is C9H19BF2IO4. The van der Waals surface area contributed by atoms with Crippen molar-refractivity contribution in [3.8, 4) is 0 Å². The van der Waals surface area contributed by atoms with E-state index in [1.54, 1.807) is 50.3 Å². The van der Waals surface area contributed by atoms with Crippen LogP contribution >= 0.6 is 22.6 Å². The first kappa shape index (κ1) is 19.8. The highest BCUT2D eigenvalue weighted by Crippen LogP contribution is 2.19. The van der Waals surface area contributed by atoms with E-state index in [0.29, 0.717) is 7.69 Å². The molecule has 0 aliphatic carbocycles. The van der Waals surface area contributed by atoms with E-state index in [1.165, 1.54) is 0 Å². The molecule has 0 spiro atoms. The van der Waals surface area contributed by atoms with Gasteiger partial charge in [-0.1, -0.05) is 22.6 Å². The molecule has 1 unspecified atom stereocenters. The summed E-state index contributed by atoms with van der Waals surface area (Å²) in [4.78, 5) is 0. The Bertz CT molecular complexity index is 182. The van der Waals surface area contributed by atoms with Crippen LogP contribution in [-0.2, 0) is 4.65 Å². The fraction of sp³-hybridized carbons (Fsp3) is 1.00. The maximum atomic E-state index is 11.4. The van der Waals surface area contributed by atoms with E-state index >= 15 is 0 Å². The van der Waals surface area contributed by atoms with Gasteiger partial charge in [-0.2, -0.15) is 0 Å². The second-order valence-corrected chi connectivity index (χ2v) is 5.79. The third-order valence-corrected chi connectivity index (χ3v) is 2.87. The first-order valence-corrected chi connectivity index (χ1v) is 6.14. The first-order valence-electron chi connectivity index (χ1n) is 4.90. The average Bonchev–Trinajstić information content (AvgIpc) is 1.99. The highest BCUT2D eigenvalue weighted by Gasteiger charge is 2.31. The van der Waals surface area contributed by atoms with Crippen LogP contribution in [0.2, 0.25) is 0 Å². The van der Waals surface area contributed by atoms with E-state index in [9.17, 15) is 8.78 Å². The Morgan fingerprint density at radius 3 is 1.71 bits per heavy atom. The third kappa shape index (κ3) is 12.7. The molecule has 103 valence electrons. The number of hydrogen-bond acceptors (Lipinski definition) is 4. The van der Waals surface area contributed by atoms with Crippen LogP contribution in [0.25, 0.3) is 0 Å². The van der Waals surface area contributed by atoms with Gasteiger partial charge in [0, 0.05) is 6.42 Å². The van der Waals surface area contributed by atoms with Crippen LogP contribution in [0.15, 0.2) is 0 Å². The summed E-state index contributed by atoms with van der Waals surface area (Å²) in [5.74, 6) is 0. The molecule has 0 heterocycles. The summed E-state index contributed by atoms with van der Waals surface area (Å²) in [6.07, 6.45) is -2.75. The molecule has 0 aromatic heterocycles. The minimum atomic E-state index is -2.38. The van der Waals surface area contributed by atoms with Crippen LogP contribution in [0.1, 0.15) is 34.1 Å². The van der Waals surface area contributed by atoms with Crippen molar-refractivity contribution in [1.29, 1.82) is 0 Å². The van der Waals surface area contributed by atoms with Crippen molar-refractivity contribution in [2.24, 2.45) is 0 Å². The minimum Gasteiger partial charge on any atom is -0.429 e. The molecule has 0 aromatic carbocycles. The summed E-state index contributed by atoms with van der Waals surface area (Å²) in [6, 6.07) is 0. The summed E-state index contributed by atoms with van der Waals surface area (Å²) in [5, 5.41) is 26.2. The van der Waals surface area contributed by atoms with E-state index in [4.69, 9.17) is 15.2 Å². The smallest absolute Gasteiger partial charge is 0.429 e. The molecule has 0 saturated carbocycles. The van der Waals surface area contributed by atoms with Crippen LogP contribution in [0, 0.1) is 0 Å². The van der Waals surface area contributed by atoms with Crippen molar-refractivity contribution >= 4 is 30.3 Å². The maximum absolute atomic E-state index is 11.4. The zero-order valence-corrected chi connectivity index (χ0v) is 12.5. The van der Waals surface area contributed by atoms with E-state index in [2.05, 4.69) is 4.65 Å². The molecule has 1 radical (unpaired) electrons. The van der Waals surface area contributed by atoms with Crippen molar-refractivity contribution in [3.05, 3.63) is 0 Å². The van der Waals surface area contributed by atoms with Gasteiger partial charge in [-0.15, -0.1) is 0 Å². The van der Waals surface area contributed by atoms with Crippen molar-refractivity contribution < 1.29 is 28.7 Å². The zero-order valence-electron chi connectivity index (χ0n) is 10.3. The molecule has 0 bridgehead atoms. The van der Waals surface area contributed by atoms with Gasteiger partial charge in [-0.25, -0.2) is 8.78 Å². The maximum Gasteiger partial charge on any atom is 0.485 e. The van der Waals surface area contributed by atoms with Gasteiger partial charge >= 0.3 is 7.69 Å². The second-order valence-electron chi connectivity index (χ2n) is 4.40. The quantitative estimate of drug-likeness (QED) is 0.391. The highest BCUT2D eigenvalue weighted by atomic mass is 127. The number of rotatable bonds is 5. The Morgan fingerprint density at radius 1 is 1.18 bits per heavy atom. The standard InChI is InChI=1S/C6H14O2.C3H5BF2IO2/c1-5(2,7)6(3,4)8;5-2(6)1-3(7)9-4-8/h7-8H,1-4H3;2-3,8H,1H2. The third-order valence-electron chi connectivity index (χ3n) is 2.07. The molecular weight excluding hydrogens is 348 g/mol. The van der Waals surface area contributed by atoms with Gasteiger partial charge in [0.1, 0.15) is 0 Å². The summed E-state index contributed by atoms with van der Waals surface area (Å²) >= 11 is 1.66. The van der Waals surface area contributed by atoms with E-state index < -0.39 is 21.7 Å². The topological polar surface area (TPSA) is 69.9 Å². The molecule has 0 aromatic rings. The lowest BCUT2D eigenvalue weighted by Crippen LogP contribution is -2.44. The number of halogens is 3. The van der Waals surface area contributed by atoms with E-state index in [1.807, 2.05) is 0 Å². The molecule has 17 heavy (non-hydrogen) atoms. The SMILES string of the molecule is CC(C)(O)C(C)(C)O.O[B]OC(I)CC(F)F. The molecule has 0 rings (SSSR count). The number of alkyl halides is 3. The molecule has 0 aliphatic heterocycles. The molecule has 0 saturated heterocycles. The van der Waals surface area contributed by atoms with E-state index in [-0.39, 0.29) is 6.42 Å². The summed E-state index contributed by atoms with van der Waals surface area (Å²) in [6.45, 7) is 6.31. The largest absolute Gasteiger partial charge is 0.485 e. The lowest BCUT2D eigenvalue weighted by atomic mass is 9.90. The normalized spacial score (nSPS) is 14.1. The van der Waals surface area contributed by atoms with Crippen LogP contribution in [0.4, 0.5) is 8.78 Å². The molecule has 3 N–H and O–H groups in total. The lowest BCUT2D eigenvalue weighted by molar-refractivity contribution is -0.107. The Kier molecular flexibility index (Phi) is 10.00. The van der Waals surface area contributed by atoms with Gasteiger partial charge in [0.25, 0.3) is 0 Å². The second kappa shape index (κ2) is 8.57. The van der Waals surface area contributed by atoms with Crippen molar-refractivity contribution in [1.82, 2.24) is 0 Å². The fourth-order valence-electron chi connectivity index (χ4n) is 0.262. The Balaban J connectivity index is 0. The number of hydrogen-bond donors (Lipinski definition) is 3. The summed E-state index contributed by atoms with van der Waals surface area (Å²) in [5.41, 5.74) is -2.01. The summed E-state index contributed by atoms with van der Waals surface area (Å²) < 4.78 is 26.5. The van der Waals surface area contributed by atoms with Gasteiger partial charge in [-0.3, -0.25) is 0 Å². The molecule has 4 nitrogen and oxygen atoms in total. The van der Waals surface area contributed by atoms with E-state index in [0.717, 1.165) is 0 Å². The Morgan fingerprint density at radius 2 is 1.53 bits per heavy atom.